The zero-order chi connectivity index (χ0) is 12.6. The molecular weight excluding hydrogens is 204 g/mol. The maximum atomic E-state index is 8.81. The van der Waals surface area contributed by atoms with Gasteiger partial charge in [-0.05, 0) is 25.7 Å². The predicted molar refractivity (Wildman–Crippen MR) is 67.4 cm³/mol. The van der Waals surface area contributed by atoms with Gasteiger partial charge in [-0.25, -0.2) is 0 Å². The summed E-state index contributed by atoms with van der Waals surface area (Å²) < 4.78 is 5.27. The molecule has 0 aliphatic carbocycles. The van der Waals surface area contributed by atoms with Crippen LogP contribution in [0.1, 0.15) is 33.6 Å². The highest BCUT2D eigenvalue weighted by Crippen LogP contribution is 2.18. The van der Waals surface area contributed by atoms with E-state index in [1.165, 1.54) is 0 Å². The molecule has 0 saturated carbocycles. The highest BCUT2D eigenvalue weighted by Gasteiger charge is 2.33. The number of ether oxygens (including phenoxy) is 1. The monoisotopic (exact) mass is 232 g/mol. The Labute approximate surface area is 99.6 Å². The van der Waals surface area contributed by atoms with Crippen LogP contribution >= 0.6 is 0 Å². The third-order valence-corrected chi connectivity index (χ3v) is 3.20. The van der Waals surface area contributed by atoms with Crippen molar-refractivity contribution in [1.29, 1.82) is 0 Å². The molecule has 0 bridgehead atoms. The van der Waals surface area contributed by atoms with Crippen LogP contribution in [0.4, 0.5) is 0 Å². The molecule has 2 unspecified atom stereocenters. The molecule has 0 fully saturated rings. The molecule has 0 aliphatic rings. The third-order valence-electron chi connectivity index (χ3n) is 3.20. The lowest BCUT2D eigenvalue weighted by Gasteiger charge is -2.39. The molecule has 0 aliphatic heterocycles. The Kier molecular flexibility index (Phi) is 7.93. The van der Waals surface area contributed by atoms with Crippen LogP contribution in [0.2, 0.25) is 0 Å². The number of rotatable bonds is 9. The van der Waals surface area contributed by atoms with Gasteiger partial charge in [0.1, 0.15) is 0 Å². The van der Waals surface area contributed by atoms with Crippen LogP contribution in [-0.4, -0.2) is 43.6 Å². The molecule has 0 aromatic carbocycles. The Bertz CT molecular complexity index is 176. The fraction of sp³-hybridized carbons (Fsp3) is 1.00. The molecule has 2 atom stereocenters. The highest BCUT2D eigenvalue weighted by molar-refractivity contribution is 4.93. The molecule has 4 N–H and O–H groups in total. The smallest absolute Gasteiger partial charge is 0.0659 e. The molecule has 0 spiro atoms. The summed E-state index contributed by atoms with van der Waals surface area (Å²) >= 11 is 0. The Balaban J connectivity index is 4.39. The number of nitrogens with two attached hydrogens (primary N) is 1. The van der Waals surface area contributed by atoms with Gasteiger partial charge in [0.25, 0.3) is 0 Å². The van der Waals surface area contributed by atoms with Gasteiger partial charge < -0.3 is 20.9 Å². The van der Waals surface area contributed by atoms with E-state index in [9.17, 15) is 0 Å². The summed E-state index contributed by atoms with van der Waals surface area (Å²) in [5.41, 5.74) is 5.72. The lowest BCUT2D eigenvalue weighted by Crippen LogP contribution is -2.60. The standard InChI is InChI=1S/C12H28N2O2/c1-10(2)12(8-13,9-16-4)14-11(3)6-5-7-15/h10-11,14-15H,5-9,13H2,1-4H3. The molecule has 4 nitrogen and oxygen atoms in total. The maximum absolute atomic E-state index is 8.81. The van der Waals surface area contributed by atoms with Crippen molar-refractivity contribution in [2.45, 2.75) is 45.2 Å². The second-order valence-electron chi connectivity index (χ2n) is 4.86. The summed E-state index contributed by atoms with van der Waals surface area (Å²) in [5, 5.41) is 12.4. The van der Waals surface area contributed by atoms with E-state index in [-0.39, 0.29) is 12.1 Å². The van der Waals surface area contributed by atoms with Crippen LogP contribution in [0, 0.1) is 5.92 Å². The fourth-order valence-electron chi connectivity index (χ4n) is 1.95. The molecule has 0 aromatic rings. The van der Waals surface area contributed by atoms with Crippen LogP contribution < -0.4 is 11.1 Å². The van der Waals surface area contributed by atoms with Crippen molar-refractivity contribution in [3.05, 3.63) is 0 Å². The molecule has 0 saturated heterocycles. The number of nitrogens with one attached hydrogen (secondary N) is 1. The third kappa shape index (κ3) is 4.78. The van der Waals surface area contributed by atoms with Crippen molar-refractivity contribution in [3.8, 4) is 0 Å². The van der Waals surface area contributed by atoms with Gasteiger partial charge in [-0.15, -0.1) is 0 Å². The van der Waals surface area contributed by atoms with E-state index < -0.39 is 0 Å². The van der Waals surface area contributed by atoms with E-state index >= 15 is 0 Å². The average Bonchev–Trinajstić information content (AvgIpc) is 2.25. The average molecular weight is 232 g/mol. The van der Waals surface area contributed by atoms with Crippen molar-refractivity contribution in [3.63, 3.8) is 0 Å². The summed E-state index contributed by atoms with van der Waals surface area (Å²) in [5.74, 6) is 0.411. The van der Waals surface area contributed by atoms with Crippen LogP contribution in [0.25, 0.3) is 0 Å². The lowest BCUT2D eigenvalue weighted by atomic mass is 9.86. The molecule has 0 amide bonds. The van der Waals surface area contributed by atoms with Gasteiger partial charge in [0.15, 0.2) is 0 Å². The molecule has 0 aromatic heterocycles. The van der Waals surface area contributed by atoms with Crippen LogP contribution in [-0.2, 0) is 4.74 Å². The Hall–Kier alpha value is -0.160. The zero-order valence-corrected chi connectivity index (χ0v) is 11.1. The maximum Gasteiger partial charge on any atom is 0.0659 e. The van der Waals surface area contributed by atoms with Crippen LogP contribution in [0.5, 0.6) is 0 Å². The summed E-state index contributed by atoms with van der Waals surface area (Å²) in [6.45, 7) is 7.84. The molecule has 4 heteroatoms. The van der Waals surface area contributed by atoms with Gasteiger partial charge in [-0.3, -0.25) is 0 Å². The fourth-order valence-corrected chi connectivity index (χ4v) is 1.95. The minimum atomic E-state index is -0.163. The zero-order valence-electron chi connectivity index (χ0n) is 11.1. The number of hydrogen-bond acceptors (Lipinski definition) is 4. The Morgan fingerprint density at radius 1 is 1.38 bits per heavy atom. The van der Waals surface area contributed by atoms with Crippen LogP contribution in [0.3, 0.4) is 0 Å². The van der Waals surface area contributed by atoms with Crippen LogP contribution in [0.15, 0.2) is 0 Å². The van der Waals surface area contributed by atoms with E-state index in [2.05, 4.69) is 26.1 Å². The van der Waals surface area contributed by atoms with Gasteiger partial charge in [0, 0.05) is 26.3 Å². The van der Waals surface area contributed by atoms with Gasteiger partial charge in [-0.1, -0.05) is 13.8 Å². The first-order valence-corrected chi connectivity index (χ1v) is 6.10. The van der Waals surface area contributed by atoms with E-state index in [0.29, 0.717) is 25.1 Å². The first-order valence-electron chi connectivity index (χ1n) is 6.10. The number of hydrogen-bond donors (Lipinski definition) is 3. The second-order valence-corrected chi connectivity index (χ2v) is 4.86. The summed E-state index contributed by atoms with van der Waals surface area (Å²) in [4.78, 5) is 0. The van der Waals surface area contributed by atoms with Gasteiger partial charge in [0.05, 0.1) is 12.1 Å². The topological polar surface area (TPSA) is 67.5 Å². The largest absolute Gasteiger partial charge is 0.396 e. The summed E-state index contributed by atoms with van der Waals surface area (Å²) in [6.07, 6.45) is 1.77. The van der Waals surface area contributed by atoms with E-state index in [4.69, 9.17) is 15.6 Å². The van der Waals surface area contributed by atoms with Gasteiger partial charge >= 0.3 is 0 Å². The molecule has 0 radical (unpaired) electrons. The molecule has 0 rings (SSSR count). The Morgan fingerprint density at radius 2 is 2.00 bits per heavy atom. The first-order chi connectivity index (χ1) is 7.52. The van der Waals surface area contributed by atoms with Crippen molar-refractivity contribution < 1.29 is 9.84 Å². The molecule has 16 heavy (non-hydrogen) atoms. The highest BCUT2D eigenvalue weighted by atomic mass is 16.5. The molecule has 0 heterocycles. The van der Waals surface area contributed by atoms with Crippen molar-refractivity contribution >= 4 is 0 Å². The number of methoxy groups -OCH3 is 1. The quantitative estimate of drug-likeness (QED) is 0.548. The van der Waals surface area contributed by atoms with Gasteiger partial charge in [0.2, 0.25) is 0 Å². The number of aliphatic hydroxyl groups is 1. The normalized spacial score (nSPS) is 17.4. The lowest BCUT2D eigenvalue weighted by molar-refractivity contribution is 0.0739. The van der Waals surface area contributed by atoms with Crippen molar-refractivity contribution in [2.24, 2.45) is 11.7 Å². The van der Waals surface area contributed by atoms with Crippen molar-refractivity contribution in [2.75, 3.05) is 26.9 Å². The predicted octanol–water partition coefficient (Wildman–Crippen LogP) is 0.737. The molecular formula is C12H28N2O2. The van der Waals surface area contributed by atoms with E-state index in [1.54, 1.807) is 7.11 Å². The minimum absolute atomic E-state index is 0.163. The number of aliphatic hydroxyl groups excluding tert-OH is 1. The molecule has 98 valence electrons. The van der Waals surface area contributed by atoms with Gasteiger partial charge in [-0.2, -0.15) is 0 Å². The minimum Gasteiger partial charge on any atom is -0.396 e. The summed E-state index contributed by atoms with van der Waals surface area (Å²) in [6, 6.07) is 0.341. The van der Waals surface area contributed by atoms with Crippen molar-refractivity contribution in [1.82, 2.24) is 5.32 Å². The van der Waals surface area contributed by atoms with E-state index in [1.807, 2.05) is 0 Å². The second kappa shape index (κ2) is 8.01. The SMILES string of the molecule is COCC(CN)(NC(C)CCCO)C(C)C. The van der Waals surface area contributed by atoms with E-state index in [0.717, 1.165) is 12.8 Å². The Morgan fingerprint density at radius 3 is 2.38 bits per heavy atom. The first kappa shape index (κ1) is 15.8. The summed E-state index contributed by atoms with van der Waals surface area (Å²) in [7, 11) is 1.70.